The summed E-state index contributed by atoms with van der Waals surface area (Å²) in [5, 5.41) is 3.31. The SMILES string of the molecule is CCS(=O)(=O)c1ccccc1NC[C@H](C)N1CCOC[C@H]1C. The average molecular weight is 326 g/mol. The lowest BCUT2D eigenvalue weighted by molar-refractivity contribution is -0.0159. The van der Waals surface area contributed by atoms with E-state index in [-0.39, 0.29) is 5.75 Å². The molecule has 1 aliphatic rings. The minimum absolute atomic E-state index is 0.113. The average Bonchev–Trinajstić information content (AvgIpc) is 2.53. The molecule has 0 radical (unpaired) electrons. The highest BCUT2D eigenvalue weighted by Crippen LogP contribution is 2.22. The highest BCUT2D eigenvalue weighted by atomic mass is 32.2. The Morgan fingerprint density at radius 3 is 2.82 bits per heavy atom. The molecule has 0 aromatic heterocycles. The molecule has 1 saturated heterocycles. The molecule has 0 aliphatic carbocycles. The van der Waals surface area contributed by atoms with Gasteiger partial charge < -0.3 is 10.1 Å². The summed E-state index contributed by atoms with van der Waals surface area (Å²) in [4.78, 5) is 2.78. The molecule has 1 fully saturated rings. The second kappa shape index (κ2) is 7.44. The van der Waals surface area contributed by atoms with Crippen LogP contribution in [0.2, 0.25) is 0 Å². The monoisotopic (exact) mass is 326 g/mol. The van der Waals surface area contributed by atoms with Crippen molar-refractivity contribution in [3.8, 4) is 0 Å². The van der Waals surface area contributed by atoms with E-state index in [4.69, 9.17) is 4.74 Å². The van der Waals surface area contributed by atoms with Crippen molar-refractivity contribution in [2.24, 2.45) is 0 Å². The van der Waals surface area contributed by atoms with E-state index < -0.39 is 9.84 Å². The second-order valence-corrected chi connectivity index (χ2v) is 8.04. The number of nitrogens with one attached hydrogen (secondary N) is 1. The lowest BCUT2D eigenvalue weighted by Crippen LogP contribution is -2.50. The van der Waals surface area contributed by atoms with Gasteiger partial charge in [-0.05, 0) is 26.0 Å². The summed E-state index contributed by atoms with van der Waals surface area (Å²) < 4.78 is 29.8. The standard InChI is InChI=1S/C16H26N2O3S/c1-4-22(19,20)16-8-6-5-7-15(16)17-11-13(2)18-9-10-21-12-14(18)3/h5-8,13-14,17H,4,9-12H2,1-3H3/t13-,14+/m0/s1. The first kappa shape index (κ1) is 17.2. The molecular weight excluding hydrogens is 300 g/mol. The van der Waals surface area contributed by atoms with Gasteiger partial charge in [-0.25, -0.2) is 8.42 Å². The van der Waals surface area contributed by atoms with Gasteiger partial charge in [0.05, 0.1) is 29.5 Å². The number of ether oxygens (including phenoxy) is 1. The molecule has 0 spiro atoms. The third-order valence-electron chi connectivity index (χ3n) is 4.18. The molecule has 0 amide bonds. The van der Waals surface area contributed by atoms with E-state index in [1.165, 1.54) is 0 Å². The summed E-state index contributed by atoms with van der Waals surface area (Å²) in [7, 11) is -3.21. The van der Waals surface area contributed by atoms with E-state index in [0.29, 0.717) is 29.2 Å². The molecule has 2 rings (SSSR count). The summed E-state index contributed by atoms with van der Waals surface area (Å²) in [5.41, 5.74) is 0.692. The van der Waals surface area contributed by atoms with Gasteiger partial charge >= 0.3 is 0 Å². The Bertz CT molecular complexity index is 589. The molecule has 22 heavy (non-hydrogen) atoms. The zero-order valence-corrected chi connectivity index (χ0v) is 14.4. The van der Waals surface area contributed by atoms with Gasteiger partial charge in [0.15, 0.2) is 9.84 Å². The Balaban J connectivity index is 2.05. The highest BCUT2D eigenvalue weighted by Gasteiger charge is 2.24. The van der Waals surface area contributed by atoms with Crippen LogP contribution in [0.1, 0.15) is 20.8 Å². The number of para-hydroxylation sites is 1. The predicted molar refractivity (Wildman–Crippen MR) is 89.1 cm³/mol. The van der Waals surface area contributed by atoms with E-state index in [1.807, 2.05) is 12.1 Å². The Labute approximate surface area is 133 Å². The quantitative estimate of drug-likeness (QED) is 0.866. The summed E-state index contributed by atoms with van der Waals surface area (Å²) in [6.07, 6.45) is 0. The Morgan fingerprint density at radius 1 is 1.41 bits per heavy atom. The number of nitrogens with zero attached hydrogens (tertiary/aromatic N) is 1. The zero-order valence-electron chi connectivity index (χ0n) is 13.6. The number of sulfone groups is 1. The maximum absolute atomic E-state index is 12.2. The molecule has 1 N–H and O–H groups in total. The molecule has 6 heteroatoms. The Hall–Kier alpha value is -1.11. The highest BCUT2D eigenvalue weighted by molar-refractivity contribution is 7.91. The van der Waals surface area contributed by atoms with Gasteiger partial charge in [-0.2, -0.15) is 0 Å². The minimum atomic E-state index is -3.21. The lowest BCUT2D eigenvalue weighted by atomic mass is 10.2. The van der Waals surface area contributed by atoms with Crippen LogP contribution >= 0.6 is 0 Å². The molecule has 1 aliphatic heterocycles. The van der Waals surface area contributed by atoms with Crippen LogP contribution in [-0.2, 0) is 14.6 Å². The molecule has 124 valence electrons. The van der Waals surface area contributed by atoms with Gasteiger partial charge in [0, 0.05) is 25.2 Å². The largest absolute Gasteiger partial charge is 0.382 e. The van der Waals surface area contributed by atoms with Crippen molar-refractivity contribution < 1.29 is 13.2 Å². The fourth-order valence-corrected chi connectivity index (χ4v) is 3.88. The third-order valence-corrected chi connectivity index (χ3v) is 5.96. The van der Waals surface area contributed by atoms with E-state index >= 15 is 0 Å². The molecule has 1 heterocycles. The first-order valence-electron chi connectivity index (χ1n) is 7.85. The van der Waals surface area contributed by atoms with E-state index in [0.717, 1.165) is 19.8 Å². The van der Waals surface area contributed by atoms with Crippen LogP contribution in [0.15, 0.2) is 29.2 Å². The van der Waals surface area contributed by atoms with E-state index in [9.17, 15) is 8.42 Å². The van der Waals surface area contributed by atoms with Crippen molar-refractivity contribution in [1.82, 2.24) is 4.90 Å². The molecule has 2 atom stereocenters. The summed E-state index contributed by atoms with van der Waals surface area (Å²) >= 11 is 0. The molecule has 0 bridgehead atoms. The first-order valence-corrected chi connectivity index (χ1v) is 9.50. The molecule has 1 aromatic carbocycles. The van der Waals surface area contributed by atoms with Gasteiger partial charge in [-0.1, -0.05) is 19.1 Å². The van der Waals surface area contributed by atoms with Crippen LogP contribution in [0.5, 0.6) is 0 Å². The summed E-state index contributed by atoms with van der Waals surface area (Å²) in [5.74, 6) is 0.113. The fourth-order valence-electron chi connectivity index (χ4n) is 2.81. The number of anilines is 1. The lowest BCUT2D eigenvalue weighted by Gasteiger charge is -2.38. The molecule has 0 saturated carbocycles. The molecular formula is C16H26N2O3S. The van der Waals surface area contributed by atoms with Crippen molar-refractivity contribution in [3.63, 3.8) is 0 Å². The van der Waals surface area contributed by atoms with Gasteiger partial charge in [-0.15, -0.1) is 0 Å². The number of hydrogen-bond donors (Lipinski definition) is 1. The first-order chi connectivity index (χ1) is 10.5. The van der Waals surface area contributed by atoms with Crippen molar-refractivity contribution >= 4 is 15.5 Å². The van der Waals surface area contributed by atoms with Crippen LogP contribution in [0, 0.1) is 0 Å². The van der Waals surface area contributed by atoms with Crippen molar-refractivity contribution in [2.45, 2.75) is 37.8 Å². The fraction of sp³-hybridized carbons (Fsp3) is 0.625. The van der Waals surface area contributed by atoms with E-state index in [1.54, 1.807) is 19.1 Å². The predicted octanol–water partition coefficient (Wildman–Crippen LogP) is 2.00. The maximum Gasteiger partial charge on any atom is 0.180 e. The zero-order chi connectivity index (χ0) is 16.2. The Kier molecular flexibility index (Phi) is 5.83. The normalized spacial score (nSPS) is 21.5. The summed E-state index contributed by atoms with van der Waals surface area (Å²) in [6.45, 7) is 9.13. The second-order valence-electron chi connectivity index (χ2n) is 5.79. The molecule has 5 nitrogen and oxygen atoms in total. The minimum Gasteiger partial charge on any atom is -0.382 e. The number of rotatable bonds is 6. The van der Waals surface area contributed by atoms with Crippen LogP contribution < -0.4 is 5.32 Å². The van der Waals surface area contributed by atoms with Crippen LogP contribution in [-0.4, -0.2) is 57.5 Å². The number of hydrogen-bond acceptors (Lipinski definition) is 5. The smallest absolute Gasteiger partial charge is 0.180 e. The van der Waals surface area contributed by atoms with E-state index in [2.05, 4.69) is 24.1 Å². The van der Waals surface area contributed by atoms with Crippen LogP contribution in [0.25, 0.3) is 0 Å². The molecule has 1 aromatic rings. The van der Waals surface area contributed by atoms with Crippen molar-refractivity contribution in [2.75, 3.05) is 37.4 Å². The Morgan fingerprint density at radius 2 is 2.14 bits per heavy atom. The van der Waals surface area contributed by atoms with Gasteiger partial charge in [0.25, 0.3) is 0 Å². The van der Waals surface area contributed by atoms with Crippen molar-refractivity contribution in [1.29, 1.82) is 0 Å². The van der Waals surface area contributed by atoms with Gasteiger partial charge in [0.1, 0.15) is 0 Å². The summed E-state index contributed by atoms with van der Waals surface area (Å²) in [6, 6.07) is 7.83. The maximum atomic E-state index is 12.2. The van der Waals surface area contributed by atoms with Gasteiger partial charge in [-0.3, -0.25) is 4.90 Å². The topological polar surface area (TPSA) is 58.6 Å². The third kappa shape index (κ3) is 4.00. The van der Waals surface area contributed by atoms with Gasteiger partial charge in [0.2, 0.25) is 0 Å². The number of benzene rings is 1. The van der Waals surface area contributed by atoms with Crippen LogP contribution in [0.3, 0.4) is 0 Å². The number of morpholine rings is 1. The van der Waals surface area contributed by atoms with Crippen LogP contribution in [0.4, 0.5) is 5.69 Å². The molecule has 0 unspecified atom stereocenters. The van der Waals surface area contributed by atoms with Crippen molar-refractivity contribution in [3.05, 3.63) is 24.3 Å².